The van der Waals surface area contributed by atoms with Crippen molar-refractivity contribution < 1.29 is 5.11 Å². The van der Waals surface area contributed by atoms with Gasteiger partial charge in [0, 0.05) is 16.5 Å². The van der Waals surface area contributed by atoms with E-state index in [1.807, 2.05) is 35.7 Å². The minimum Gasteiger partial charge on any atom is -0.398 e. The summed E-state index contributed by atoms with van der Waals surface area (Å²) in [5.74, 6) is 0. The van der Waals surface area contributed by atoms with Crippen LogP contribution in [0.1, 0.15) is 16.7 Å². The second-order valence-corrected chi connectivity index (χ2v) is 4.58. The molecule has 0 saturated heterocycles. The fourth-order valence-electron chi connectivity index (χ4n) is 1.89. The maximum atomic E-state index is 9.97. The number of hydrogen-bond donors (Lipinski definition) is 2. The first-order chi connectivity index (χ1) is 7.77. The highest BCUT2D eigenvalue weighted by Crippen LogP contribution is 2.28. The number of fused-ring (bicyclic) bond motifs is 2. The van der Waals surface area contributed by atoms with Gasteiger partial charge in [-0.1, -0.05) is 18.2 Å². The highest BCUT2D eigenvalue weighted by atomic mass is 32.1. The van der Waals surface area contributed by atoms with E-state index in [0.29, 0.717) is 5.70 Å². The molecule has 0 radical (unpaired) electrons. The lowest BCUT2D eigenvalue weighted by atomic mass is 10.1. The summed E-state index contributed by atoms with van der Waals surface area (Å²) in [6.07, 6.45) is -0.808. The first-order valence-electron chi connectivity index (χ1n) is 4.96. The van der Waals surface area contributed by atoms with Crippen LogP contribution in [-0.4, -0.2) is 5.11 Å². The van der Waals surface area contributed by atoms with Gasteiger partial charge in [-0.05, 0) is 17.5 Å². The van der Waals surface area contributed by atoms with E-state index in [9.17, 15) is 5.11 Å². The highest BCUT2D eigenvalue weighted by Gasteiger charge is 2.17. The summed E-state index contributed by atoms with van der Waals surface area (Å²) >= 11 is 1.48. The monoisotopic (exact) mass is 230 g/mol. The van der Waals surface area contributed by atoms with Crippen molar-refractivity contribution in [2.75, 3.05) is 0 Å². The molecule has 2 heterocycles. The number of benzene rings is 1. The summed E-state index contributed by atoms with van der Waals surface area (Å²) in [5.41, 5.74) is 7.70. The Bertz CT molecular complexity index is 660. The number of nitrogens with two attached hydrogens (primary N) is 1. The van der Waals surface area contributed by atoms with Crippen LogP contribution < -0.4 is 16.3 Å². The third-order valence-corrected chi connectivity index (χ3v) is 3.63. The van der Waals surface area contributed by atoms with E-state index in [1.54, 1.807) is 0 Å². The van der Waals surface area contributed by atoms with Gasteiger partial charge in [0.25, 0.3) is 0 Å². The lowest BCUT2D eigenvalue weighted by Gasteiger charge is -2.03. The smallest absolute Gasteiger partial charge is 0.181 e. The second-order valence-electron chi connectivity index (χ2n) is 3.63. The van der Waals surface area contributed by atoms with Crippen LogP contribution in [-0.2, 0) is 0 Å². The number of aliphatic hydroxyl groups is 1. The van der Waals surface area contributed by atoms with Gasteiger partial charge in [0.2, 0.25) is 0 Å². The minimum atomic E-state index is -0.808. The topological polar surface area (TPSA) is 58.6 Å². The van der Waals surface area contributed by atoms with Crippen LogP contribution in [0.2, 0.25) is 0 Å². The van der Waals surface area contributed by atoms with Crippen LogP contribution in [0.5, 0.6) is 0 Å². The standard InChI is InChI=1S/C12H10N2OS/c13-10-7-3-1-2-4-9(7)14-12(15)11-8(10)5-6-16-11/h1-6,12,15H,13H2. The Balaban J connectivity index is 2.49. The Morgan fingerprint density at radius 2 is 2.06 bits per heavy atom. The number of rotatable bonds is 0. The van der Waals surface area contributed by atoms with Crippen molar-refractivity contribution in [3.8, 4) is 0 Å². The van der Waals surface area contributed by atoms with Crippen molar-refractivity contribution in [2.45, 2.75) is 6.23 Å². The first-order valence-corrected chi connectivity index (χ1v) is 5.84. The molecule has 1 aromatic carbocycles. The number of para-hydroxylation sites is 1. The molecule has 2 aromatic rings. The number of thiophene rings is 1. The van der Waals surface area contributed by atoms with Gasteiger partial charge in [-0.25, -0.2) is 4.99 Å². The molecule has 0 saturated carbocycles. The molecule has 4 heteroatoms. The lowest BCUT2D eigenvalue weighted by Crippen LogP contribution is -2.29. The van der Waals surface area contributed by atoms with Gasteiger partial charge in [-0.2, -0.15) is 0 Å². The molecule has 0 spiro atoms. The third kappa shape index (κ3) is 1.27. The van der Waals surface area contributed by atoms with E-state index >= 15 is 0 Å². The van der Waals surface area contributed by atoms with E-state index in [2.05, 4.69) is 4.99 Å². The Hall–Kier alpha value is -1.65. The third-order valence-electron chi connectivity index (χ3n) is 2.68. The van der Waals surface area contributed by atoms with Crippen LogP contribution in [0.4, 0.5) is 0 Å². The van der Waals surface area contributed by atoms with Gasteiger partial charge in [0.1, 0.15) is 0 Å². The molecule has 0 bridgehead atoms. The number of nitrogens with zero attached hydrogens (tertiary/aromatic N) is 1. The Labute approximate surface area is 96.2 Å². The molecule has 1 unspecified atom stereocenters. The van der Waals surface area contributed by atoms with Gasteiger partial charge in [0.05, 0.1) is 10.2 Å². The quantitative estimate of drug-likeness (QED) is 0.692. The molecule has 0 aliphatic carbocycles. The fourth-order valence-corrected chi connectivity index (χ4v) is 2.72. The summed E-state index contributed by atoms with van der Waals surface area (Å²) in [4.78, 5) is 5.08. The molecule has 0 fully saturated rings. The van der Waals surface area contributed by atoms with Gasteiger partial charge < -0.3 is 10.8 Å². The van der Waals surface area contributed by atoms with E-state index in [4.69, 9.17) is 5.73 Å². The maximum Gasteiger partial charge on any atom is 0.181 e. The molecule has 1 aliphatic rings. The van der Waals surface area contributed by atoms with E-state index in [-0.39, 0.29) is 0 Å². The normalized spacial score (nSPS) is 18.3. The average molecular weight is 230 g/mol. The molecule has 1 atom stereocenters. The zero-order valence-corrected chi connectivity index (χ0v) is 9.24. The van der Waals surface area contributed by atoms with Crippen LogP contribution in [0.15, 0.2) is 40.7 Å². The highest BCUT2D eigenvalue weighted by molar-refractivity contribution is 7.10. The van der Waals surface area contributed by atoms with Crippen molar-refractivity contribution in [2.24, 2.45) is 10.7 Å². The summed E-state index contributed by atoms with van der Waals surface area (Å²) in [5, 5.41) is 13.5. The zero-order valence-electron chi connectivity index (χ0n) is 8.42. The zero-order chi connectivity index (χ0) is 11.1. The van der Waals surface area contributed by atoms with Crippen LogP contribution in [0.3, 0.4) is 0 Å². The van der Waals surface area contributed by atoms with Crippen LogP contribution >= 0.6 is 11.3 Å². The molecular weight excluding hydrogens is 220 g/mol. The number of aliphatic hydroxyl groups excluding tert-OH is 1. The largest absolute Gasteiger partial charge is 0.398 e. The molecule has 80 valence electrons. The van der Waals surface area contributed by atoms with E-state index in [0.717, 1.165) is 21.0 Å². The van der Waals surface area contributed by atoms with Gasteiger partial charge in [0.15, 0.2) is 6.23 Å². The summed E-state index contributed by atoms with van der Waals surface area (Å²) in [7, 11) is 0. The Morgan fingerprint density at radius 1 is 1.25 bits per heavy atom. The number of hydrogen-bond acceptors (Lipinski definition) is 4. The van der Waals surface area contributed by atoms with Crippen molar-refractivity contribution in [1.29, 1.82) is 0 Å². The van der Waals surface area contributed by atoms with Crippen LogP contribution in [0, 0.1) is 0 Å². The first kappa shape index (κ1) is 9.57. The van der Waals surface area contributed by atoms with Gasteiger partial charge >= 0.3 is 0 Å². The SMILES string of the molecule is NC1=c2ccccc2=NC(O)c2sccc21. The van der Waals surface area contributed by atoms with E-state index in [1.165, 1.54) is 11.3 Å². The molecule has 3 rings (SSSR count). The Kier molecular flexibility index (Phi) is 2.05. The van der Waals surface area contributed by atoms with Crippen LogP contribution in [0.25, 0.3) is 5.70 Å². The summed E-state index contributed by atoms with van der Waals surface area (Å²) in [6.45, 7) is 0. The average Bonchev–Trinajstić information content (AvgIpc) is 2.74. The molecule has 16 heavy (non-hydrogen) atoms. The maximum absolute atomic E-state index is 9.97. The molecule has 3 nitrogen and oxygen atoms in total. The predicted molar refractivity (Wildman–Crippen MR) is 63.2 cm³/mol. The molecule has 3 N–H and O–H groups in total. The summed E-state index contributed by atoms with van der Waals surface area (Å²) < 4.78 is 0. The fraction of sp³-hybridized carbons (Fsp3) is 0.0833. The van der Waals surface area contributed by atoms with Gasteiger partial charge in [-0.15, -0.1) is 11.3 Å². The minimum absolute atomic E-state index is 0.687. The molecular formula is C12H10N2OS. The predicted octanol–water partition coefficient (Wildman–Crippen LogP) is 0.487. The Morgan fingerprint density at radius 3 is 2.94 bits per heavy atom. The molecule has 0 amide bonds. The second kappa shape index (κ2) is 3.43. The summed E-state index contributed by atoms with van der Waals surface area (Å²) in [6, 6.07) is 9.53. The molecule has 1 aliphatic heterocycles. The molecule has 1 aromatic heterocycles. The van der Waals surface area contributed by atoms with E-state index < -0.39 is 6.23 Å². The van der Waals surface area contributed by atoms with Crippen molar-refractivity contribution in [1.82, 2.24) is 0 Å². The lowest BCUT2D eigenvalue weighted by molar-refractivity contribution is 0.188. The van der Waals surface area contributed by atoms with Gasteiger partial charge in [-0.3, -0.25) is 0 Å². The van der Waals surface area contributed by atoms with Crippen molar-refractivity contribution in [3.63, 3.8) is 0 Å². The van der Waals surface area contributed by atoms with Crippen molar-refractivity contribution >= 4 is 17.0 Å². The van der Waals surface area contributed by atoms with Crippen molar-refractivity contribution in [3.05, 3.63) is 56.7 Å².